The van der Waals surface area contributed by atoms with E-state index in [1.165, 1.54) is 89.9 Å². The monoisotopic (exact) mass is 394 g/mol. The predicted molar refractivity (Wildman–Crippen MR) is 124 cm³/mol. The van der Waals surface area contributed by atoms with E-state index in [4.69, 9.17) is 0 Å². The van der Waals surface area contributed by atoms with Gasteiger partial charge in [0.25, 0.3) is 0 Å². The SMILES string of the molecule is CCCCCCCC/C=C\CCCCCCC(CC)(CCCCCC)C(=O)O. The van der Waals surface area contributed by atoms with Crippen LogP contribution in [0.2, 0.25) is 0 Å². The van der Waals surface area contributed by atoms with Gasteiger partial charge < -0.3 is 5.11 Å². The summed E-state index contributed by atoms with van der Waals surface area (Å²) in [7, 11) is 0. The zero-order valence-electron chi connectivity index (χ0n) is 19.4. The normalized spacial score (nSPS) is 13.8. The van der Waals surface area contributed by atoms with Crippen molar-refractivity contribution < 1.29 is 9.90 Å². The second-order valence-corrected chi connectivity index (χ2v) is 8.73. The van der Waals surface area contributed by atoms with Crippen LogP contribution in [0.5, 0.6) is 0 Å². The van der Waals surface area contributed by atoms with Crippen molar-refractivity contribution in [2.75, 3.05) is 0 Å². The van der Waals surface area contributed by atoms with Gasteiger partial charge in [-0.2, -0.15) is 0 Å². The highest BCUT2D eigenvalue weighted by molar-refractivity contribution is 5.74. The smallest absolute Gasteiger partial charge is 0.309 e. The molecule has 0 radical (unpaired) electrons. The van der Waals surface area contributed by atoms with Crippen LogP contribution in [0.3, 0.4) is 0 Å². The van der Waals surface area contributed by atoms with Crippen LogP contribution in [0.15, 0.2) is 12.2 Å². The fraction of sp³-hybridized carbons (Fsp3) is 0.885. The summed E-state index contributed by atoms with van der Waals surface area (Å²) in [5.41, 5.74) is -0.467. The molecule has 0 aliphatic carbocycles. The van der Waals surface area contributed by atoms with E-state index in [1.54, 1.807) is 0 Å². The molecular weight excluding hydrogens is 344 g/mol. The first-order valence-electron chi connectivity index (χ1n) is 12.5. The van der Waals surface area contributed by atoms with E-state index >= 15 is 0 Å². The molecule has 2 heteroatoms. The zero-order chi connectivity index (χ0) is 20.9. The zero-order valence-corrected chi connectivity index (χ0v) is 19.4. The standard InChI is InChI=1S/C26H50O2/c1-4-7-9-11-12-13-14-15-16-17-18-19-20-22-24-26(6-3,25(27)28)23-21-10-8-5-2/h15-16H,4-14,17-24H2,1-3H3,(H,27,28)/b16-15-. The fourth-order valence-corrected chi connectivity index (χ4v) is 4.09. The minimum absolute atomic E-state index is 0.467. The van der Waals surface area contributed by atoms with E-state index in [0.717, 1.165) is 32.1 Å². The number of carbonyl (C=O) groups is 1. The second kappa shape index (κ2) is 19.5. The minimum atomic E-state index is -0.566. The van der Waals surface area contributed by atoms with Crippen molar-refractivity contribution in [1.82, 2.24) is 0 Å². The molecule has 0 aliphatic rings. The van der Waals surface area contributed by atoms with Crippen LogP contribution in [0.25, 0.3) is 0 Å². The first-order valence-corrected chi connectivity index (χ1v) is 12.5. The van der Waals surface area contributed by atoms with Gasteiger partial charge in [-0.3, -0.25) is 4.79 Å². The number of carboxylic acid groups (broad SMARTS) is 1. The van der Waals surface area contributed by atoms with Crippen LogP contribution < -0.4 is 0 Å². The molecule has 0 aromatic rings. The van der Waals surface area contributed by atoms with Gasteiger partial charge in [0.05, 0.1) is 5.41 Å². The molecule has 0 aromatic carbocycles. The van der Waals surface area contributed by atoms with Crippen molar-refractivity contribution in [1.29, 1.82) is 0 Å². The lowest BCUT2D eigenvalue weighted by Crippen LogP contribution is -2.30. The fourth-order valence-electron chi connectivity index (χ4n) is 4.09. The van der Waals surface area contributed by atoms with Gasteiger partial charge in [0.2, 0.25) is 0 Å². The molecule has 2 nitrogen and oxygen atoms in total. The molecular formula is C26H50O2. The lowest BCUT2D eigenvalue weighted by atomic mass is 9.76. The van der Waals surface area contributed by atoms with E-state index in [1.807, 2.05) is 0 Å². The van der Waals surface area contributed by atoms with Gasteiger partial charge in [0.1, 0.15) is 0 Å². The van der Waals surface area contributed by atoms with Gasteiger partial charge in [0.15, 0.2) is 0 Å². The minimum Gasteiger partial charge on any atom is -0.481 e. The molecule has 166 valence electrons. The van der Waals surface area contributed by atoms with Gasteiger partial charge in [0, 0.05) is 0 Å². The number of hydrogen-bond donors (Lipinski definition) is 1. The van der Waals surface area contributed by atoms with Crippen molar-refractivity contribution in [3.63, 3.8) is 0 Å². The average Bonchev–Trinajstić information content (AvgIpc) is 2.69. The maximum Gasteiger partial charge on any atom is 0.309 e. The molecule has 0 aromatic heterocycles. The molecule has 0 aliphatic heterocycles. The van der Waals surface area contributed by atoms with Crippen molar-refractivity contribution in [3.8, 4) is 0 Å². The third-order valence-corrected chi connectivity index (χ3v) is 6.31. The highest BCUT2D eigenvalue weighted by Gasteiger charge is 2.35. The molecule has 1 N–H and O–H groups in total. The van der Waals surface area contributed by atoms with Crippen LogP contribution >= 0.6 is 0 Å². The molecule has 0 saturated heterocycles. The van der Waals surface area contributed by atoms with Crippen LogP contribution in [-0.2, 0) is 4.79 Å². The number of carboxylic acids is 1. The summed E-state index contributed by atoms with van der Waals surface area (Å²) < 4.78 is 0. The van der Waals surface area contributed by atoms with Gasteiger partial charge in [-0.05, 0) is 44.9 Å². The van der Waals surface area contributed by atoms with Crippen molar-refractivity contribution in [2.45, 2.75) is 143 Å². The summed E-state index contributed by atoms with van der Waals surface area (Å²) in [6.45, 7) is 6.53. The molecule has 0 spiro atoms. The van der Waals surface area contributed by atoms with Crippen LogP contribution in [-0.4, -0.2) is 11.1 Å². The lowest BCUT2D eigenvalue weighted by molar-refractivity contribution is -0.150. The third kappa shape index (κ3) is 14.2. The number of hydrogen-bond acceptors (Lipinski definition) is 1. The van der Waals surface area contributed by atoms with E-state index < -0.39 is 11.4 Å². The maximum atomic E-state index is 11.9. The Labute approximate surface area is 176 Å². The Kier molecular flexibility index (Phi) is 19.0. The first kappa shape index (κ1) is 27.2. The molecule has 0 fully saturated rings. The average molecular weight is 395 g/mol. The number of allylic oxidation sites excluding steroid dienone is 2. The van der Waals surface area contributed by atoms with Crippen LogP contribution in [0, 0.1) is 5.41 Å². The molecule has 1 atom stereocenters. The Morgan fingerprint density at radius 1 is 0.643 bits per heavy atom. The molecule has 0 heterocycles. The summed E-state index contributed by atoms with van der Waals surface area (Å²) in [4.78, 5) is 11.9. The molecule has 0 bridgehead atoms. The van der Waals surface area contributed by atoms with Crippen molar-refractivity contribution in [2.24, 2.45) is 5.41 Å². The molecule has 1 unspecified atom stereocenters. The highest BCUT2D eigenvalue weighted by Crippen LogP contribution is 2.35. The van der Waals surface area contributed by atoms with Crippen LogP contribution in [0.4, 0.5) is 0 Å². The highest BCUT2D eigenvalue weighted by atomic mass is 16.4. The van der Waals surface area contributed by atoms with E-state index in [2.05, 4.69) is 32.9 Å². The first-order chi connectivity index (χ1) is 13.6. The molecule has 0 rings (SSSR count). The Balaban J connectivity index is 3.76. The number of rotatable bonds is 21. The summed E-state index contributed by atoms with van der Waals surface area (Å²) in [6, 6.07) is 0. The van der Waals surface area contributed by atoms with E-state index in [9.17, 15) is 9.90 Å². The van der Waals surface area contributed by atoms with E-state index in [0.29, 0.717) is 0 Å². The van der Waals surface area contributed by atoms with Gasteiger partial charge >= 0.3 is 5.97 Å². The molecule has 28 heavy (non-hydrogen) atoms. The summed E-state index contributed by atoms with van der Waals surface area (Å²) >= 11 is 0. The predicted octanol–water partition coefficient (Wildman–Crippen LogP) is 9.09. The Morgan fingerprint density at radius 3 is 1.46 bits per heavy atom. The number of aliphatic carboxylic acids is 1. The summed E-state index contributed by atoms with van der Waals surface area (Å²) in [6.07, 6.45) is 27.3. The second-order valence-electron chi connectivity index (χ2n) is 8.73. The third-order valence-electron chi connectivity index (χ3n) is 6.31. The maximum absolute atomic E-state index is 11.9. The largest absolute Gasteiger partial charge is 0.481 e. The number of unbranched alkanes of at least 4 members (excludes halogenated alkanes) is 13. The quantitative estimate of drug-likeness (QED) is 0.156. The topological polar surface area (TPSA) is 37.3 Å². The van der Waals surface area contributed by atoms with Gasteiger partial charge in [-0.1, -0.05) is 110 Å². The van der Waals surface area contributed by atoms with Crippen molar-refractivity contribution >= 4 is 5.97 Å². The van der Waals surface area contributed by atoms with Crippen molar-refractivity contribution in [3.05, 3.63) is 12.2 Å². The summed E-state index contributed by atoms with van der Waals surface area (Å²) in [5.74, 6) is -0.566. The summed E-state index contributed by atoms with van der Waals surface area (Å²) in [5, 5.41) is 9.77. The molecule has 0 saturated carbocycles. The van der Waals surface area contributed by atoms with Crippen LogP contribution in [0.1, 0.15) is 143 Å². The Bertz CT molecular complexity index is 375. The Hall–Kier alpha value is -0.790. The molecule has 0 amide bonds. The Morgan fingerprint density at radius 2 is 1.04 bits per heavy atom. The van der Waals surface area contributed by atoms with E-state index in [-0.39, 0.29) is 0 Å². The lowest BCUT2D eigenvalue weighted by Gasteiger charge is -2.28. The van der Waals surface area contributed by atoms with Gasteiger partial charge in [-0.25, -0.2) is 0 Å². The van der Waals surface area contributed by atoms with Gasteiger partial charge in [-0.15, -0.1) is 0 Å².